The second kappa shape index (κ2) is 6.05. The summed E-state index contributed by atoms with van der Waals surface area (Å²) in [6.45, 7) is 8.45. The fourth-order valence-electron chi connectivity index (χ4n) is 3.85. The van der Waals surface area contributed by atoms with Crippen LogP contribution in [-0.2, 0) is 0 Å². The normalized spacial score (nSPS) is 24.1. The molecule has 2 heterocycles. The molecule has 0 radical (unpaired) electrons. The lowest BCUT2D eigenvalue weighted by Gasteiger charge is -2.34. The Morgan fingerprint density at radius 2 is 2.10 bits per heavy atom. The van der Waals surface area contributed by atoms with Crippen molar-refractivity contribution in [3.63, 3.8) is 0 Å². The van der Waals surface area contributed by atoms with E-state index in [0.717, 1.165) is 11.6 Å². The first kappa shape index (κ1) is 14.4. The largest absolute Gasteiger partial charge is 0.317 e. The molecule has 2 nitrogen and oxygen atoms in total. The van der Waals surface area contributed by atoms with E-state index in [9.17, 15) is 0 Å². The van der Waals surface area contributed by atoms with Crippen LogP contribution in [0.2, 0.25) is 5.02 Å². The molecule has 0 aromatic heterocycles. The summed E-state index contributed by atoms with van der Waals surface area (Å²) in [5, 5.41) is 4.34. The maximum atomic E-state index is 6.10. The average molecular weight is 293 g/mol. The number of piperidine rings is 1. The number of rotatable bonds is 3. The lowest BCUT2D eigenvalue weighted by Crippen LogP contribution is -2.39. The van der Waals surface area contributed by atoms with Gasteiger partial charge in [-0.1, -0.05) is 30.7 Å². The number of nitrogens with zero attached hydrogens (tertiary/aromatic N) is 1. The zero-order chi connectivity index (χ0) is 14.0. The fraction of sp³-hybridized carbons (Fsp3) is 0.647. The number of hydrogen-bond donors (Lipinski definition) is 1. The van der Waals surface area contributed by atoms with Crippen LogP contribution in [0.15, 0.2) is 24.3 Å². The van der Waals surface area contributed by atoms with Crippen LogP contribution in [0.4, 0.5) is 0 Å². The molecular formula is C17H25ClN2. The van der Waals surface area contributed by atoms with E-state index in [1.54, 1.807) is 0 Å². The van der Waals surface area contributed by atoms with Crippen molar-refractivity contribution in [2.75, 3.05) is 32.7 Å². The minimum atomic E-state index is 0.561. The Hall–Kier alpha value is -0.570. The van der Waals surface area contributed by atoms with Crippen molar-refractivity contribution in [2.24, 2.45) is 5.41 Å². The third kappa shape index (κ3) is 3.19. The van der Waals surface area contributed by atoms with E-state index >= 15 is 0 Å². The maximum absolute atomic E-state index is 6.10. The molecule has 3 heteroatoms. The van der Waals surface area contributed by atoms with Crippen molar-refractivity contribution in [1.82, 2.24) is 10.2 Å². The van der Waals surface area contributed by atoms with Gasteiger partial charge >= 0.3 is 0 Å². The lowest BCUT2D eigenvalue weighted by atomic mass is 9.78. The van der Waals surface area contributed by atoms with E-state index in [-0.39, 0.29) is 0 Å². The van der Waals surface area contributed by atoms with Gasteiger partial charge < -0.3 is 10.2 Å². The van der Waals surface area contributed by atoms with Crippen molar-refractivity contribution in [2.45, 2.75) is 32.1 Å². The van der Waals surface area contributed by atoms with Crippen LogP contribution in [0.5, 0.6) is 0 Å². The molecule has 3 rings (SSSR count). The summed E-state index contributed by atoms with van der Waals surface area (Å²) >= 11 is 6.10. The fourth-order valence-corrected chi connectivity index (χ4v) is 4.05. The van der Waals surface area contributed by atoms with Gasteiger partial charge in [-0.25, -0.2) is 0 Å². The van der Waals surface area contributed by atoms with Gasteiger partial charge in [0.05, 0.1) is 0 Å². The molecule has 0 saturated carbocycles. The summed E-state index contributed by atoms with van der Waals surface area (Å²) in [5.74, 6) is 0.561. The van der Waals surface area contributed by atoms with Crippen LogP contribution in [0.1, 0.15) is 37.7 Å². The number of hydrogen-bond acceptors (Lipinski definition) is 2. The van der Waals surface area contributed by atoms with E-state index in [4.69, 9.17) is 11.6 Å². The molecule has 110 valence electrons. The molecule has 1 aromatic rings. The minimum Gasteiger partial charge on any atom is -0.317 e. The SMILES string of the molecule is CC(CN1CCC2(CCNCC2)C1)c1cccc(Cl)c1. The van der Waals surface area contributed by atoms with Crippen LogP contribution < -0.4 is 5.32 Å². The lowest BCUT2D eigenvalue weighted by molar-refractivity contribution is 0.193. The minimum absolute atomic E-state index is 0.561. The van der Waals surface area contributed by atoms with Gasteiger partial charge in [-0.05, 0) is 67.9 Å². The molecule has 2 aliphatic heterocycles. The third-order valence-electron chi connectivity index (χ3n) is 5.13. The molecule has 20 heavy (non-hydrogen) atoms. The highest BCUT2D eigenvalue weighted by Crippen LogP contribution is 2.39. The Labute approximate surface area is 127 Å². The smallest absolute Gasteiger partial charge is 0.0408 e. The highest BCUT2D eigenvalue weighted by molar-refractivity contribution is 6.30. The predicted octanol–water partition coefficient (Wildman–Crippen LogP) is 3.52. The van der Waals surface area contributed by atoms with Crippen molar-refractivity contribution in [3.8, 4) is 0 Å². The van der Waals surface area contributed by atoms with E-state index < -0.39 is 0 Å². The molecule has 1 spiro atoms. The van der Waals surface area contributed by atoms with E-state index in [0.29, 0.717) is 11.3 Å². The quantitative estimate of drug-likeness (QED) is 0.917. The van der Waals surface area contributed by atoms with E-state index in [1.165, 1.54) is 51.0 Å². The van der Waals surface area contributed by atoms with Gasteiger partial charge in [0.25, 0.3) is 0 Å². The van der Waals surface area contributed by atoms with Crippen molar-refractivity contribution < 1.29 is 0 Å². The van der Waals surface area contributed by atoms with Crippen molar-refractivity contribution in [1.29, 1.82) is 0 Å². The highest BCUT2D eigenvalue weighted by atomic mass is 35.5. The van der Waals surface area contributed by atoms with Gasteiger partial charge in [0.15, 0.2) is 0 Å². The Morgan fingerprint density at radius 3 is 2.85 bits per heavy atom. The molecule has 1 unspecified atom stereocenters. The summed E-state index contributed by atoms with van der Waals surface area (Å²) in [6.07, 6.45) is 4.10. The number of halogens is 1. The first-order valence-electron chi connectivity index (χ1n) is 7.85. The number of benzene rings is 1. The van der Waals surface area contributed by atoms with E-state index in [1.807, 2.05) is 6.07 Å². The van der Waals surface area contributed by atoms with Gasteiger partial charge in [-0.3, -0.25) is 0 Å². The van der Waals surface area contributed by atoms with Crippen LogP contribution in [0.3, 0.4) is 0 Å². The van der Waals surface area contributed by atoms with Crippen LogP contribution in [0, 0.1) is 5.41 Å². The maximum Gasteiger partial charge on any atom is 0.0408 e. The predicted molar refractivity (Wildman–Crippen MR) is 85.5 cm³/mol. The summed E-state index contributed by atoms with van der Waals surface area (Å²) in [7, 11) is 0. The van der Waals surface area contributed by atoms with E-state index in [2.05, 4.69) is 35.3 Å². The first-order valence-corrected chi connectivity index (χ1v) is 8.23. The molecule has 2 aliphatic rings. The number of nitrogens with one attached hydrogen (secondary N) is 1. The summed E-state index contributed by atoms with van der Waals surface area (Å²) in [4.78, 5) is 2.66. The molecule has 0 bridgehead atoms. The zero-order valence-electron chi connectivity index (χ0n) is 12.4. The topological polar surface area (TPSA) is 15.3 Å². The zero-order valence-corrected chi connectivity index (χ0v) is 13.1. The molecule has 2 fully saturated rings. The van der Waals surface area contributed by atoms with Crippen molar-refractivity contribution >= 4 is 11.6 Å². The molecule has 1 aromatic carbocycles. The van der Waals surface area contributed by atoms with Gasteiger partial charge in [0, 0.05) is 18.1 Å². The Morgan fingerprint density at radius 1 is 1.30 bits per heavy atom. The van der Waals surface area contributed by atoms with Gasteiger partial charge in [0.1, 0.15) is 0 Å². The Kier molecular flexibility index (Phi) is 4.34. The summed E-state index contributed by atoms with van der Waals surface area (Å²) in [6, 6.07) is 8.33. The van der Waals surface area contributed by atoms with Crippen LogP contribution >= 0.6 is 11.6 Å². The molecule has 0 aliphatic carbocycles. The molecule has 2 saturated heterocycles. The standard InChI is InChI=1S/C17H25ClN2/c1-14(15-3-2-4-16(18)11-15)12-20-10-7-17(13-20)5-8-19-9-6-17/h2-4,11,14,19H,5-10,12-13H2,1H3. The first-order chi connectivity index (χ1) is 9.67. The summed E-state index contributed by atoms with van der Waals surface area (Å²) < 4.78 is 0. The Bertz CT molecular complexity index is 454. The monoisotopic (exact) mass is 292 g/mol. The second-order valence-electron chi connectivity index (χ2n) is 6.69. The molecular weight excluding hydrogens is 268 g/mol. The van der Waals surface area contributed by atoms with Gasteiger partial charge in [-0.15, -0.1) is 0 Å². The van der Waals surface area contributed by atoms with Crippen molar-refractivity contribution in [3.05, 3.63) is 34.9 Å². The highest BCUT2D eigenvalue weighted by Gasteiger charge is 2.38. The number of likely N-dealkylation sites (tertiary alicyclic amines) is 1. The van der Waals surface area contributed by atoms with Crippen LogP contribution in [-0.4, -0.2) is 37.6 Å². The molecule has 1 N–H and O–H groups in total. The third-order valence-corrected chi connectivity index (χ3v) is 5.37. The second-order valence-corrected chi connectivity index (χ2v) is 7.13. The van der Waals surface area contributed by atoms with Gasteiger partial charge in [-0.2, -0.15) is 0 Å². The average Bonchev–Trinajstić information content (AvgIpc) is 2.82. The molecule has 1 atom stereocenters. The summed E-state index contributed by atoms with van der Waals surface area (Å²) in [5.41, 5.74) is 1.98. The Balaban J connectivity index is 1.59. The van der Waals surface area contributed by atoms with Crippen LogP contribution in [0.25, 0.3) is 0 Å². The molecule has 0 amide bonds. The van der Waals surface area contributed by atoms with Gasteiger partial charge in [0.2, 0.25) is 0 Å².